The molecule has 0 saturated carbocycles. The number of hydrogen-bond donors (Lipinski definition) is 0. The molecule has 0 unspecified atom stereocenters. The van der Waals surface area contributed by atoms with Crippen LogP contribution < -0.4 is 7.16 Å². The molecule has 0 amide bonds. The van der Waals surface area contributed by atoms with Crippen LogP contribution in [0.15, 0.2) is 93.9 Å². The van der Waals surface area contributed by atoms with E-state index in [0.29, 0.717) is 0 Å². The Bertz CT molecular complexity index is 1420. The molecule has 0 N–H and O–H groups in total. The van der Waals surface area contributed by atoms with Crippen LogP contribution in [0.25, 0.3) is 24.3 Å². The van der Waals surface area contributed by atoms with E-state index in [-0.39, 0.29) is 7.43 Å². The van der Waals surface area contributed by atoms with Crippen molar-refractivity contribution in [2.24, 2.45) is 0 Å². The maximum atomic E-state index is 6.12. The average molecular weight is 750 g/mol. The molecule has 0 nitrogen and oxygen atoms in total. The fraction of sp³-hybridized carbons (Fsp3) is 0.0968. The van der Waals surface area contributed by atoms with E-state index >= 15 is 0 Å². The molecule has 4 aromatic carbocycles. The average Bonchev–Trinajstić information content (AvgIpc) is 2.95. The molecule has 0 aliphatic carbocycles. The van der Waals surface area contributed by atoms with Crippen molar-refractivity contribution in [3.8, 4) is 0 Å². The van der Waals surface area contributed by atoms with E-state index in [2.05, 4.69) is 102 Å². The van der Waals surface area contributed by atoms with Gasteiger partial charge in [-0.2, -0.15) is 0 Å². The first kappa shape index (κ1) is 29.3. The molecule has 0 radical (unpaired) electrons. The molecule has 36 heavy (non-hydrogen) atoms. The Kier molecular flexibility index (Phi) is 10.5. The normalized spacial score (nSPS) is 13.1. The molecule has 0 atom stereocenters. The molecule has 1 heterocycles. The molecule has 5 heteroatoms. The van der Waals surface area contributed by atoms with Crippen LogP contribution in [-0.2, 0) is 0 Å². The topological polar surface area (TPSA) is 0 Å². The van der Waals surface area contributed by atoms with Crippen molar-refractivity contribution < 1.29 is 0 Å². The van der Waals surface area contributed by atoms with Gasteiger partial charge in [0.05, 0.1) is 0 Å². The summed E-state index contributed by atoms with van der Waals surface area (Å²) in [5.74, 6) is 0. The van der Waals surface area contributed by atoms with Gasteiger partial charge in [-0.05, 0) is 35.4 Å². The van der Waals surface area contributed by atoms with E-state index in [9.17, 15) is 0 Å². The Hall–Kier alpha value is -1.30. The van der Waals surface area contributed by atoms with E-state index in [1.807, 2.05) is 48.5 Å². The van der Waals surface area contributed by atoms with Crippen molar-refractivity contribution in [1.82, 2.24) is 0 Å². The van der Waals surface area contributed by atoms with Gasteiger partial charge in [0.25, 0.3) is 0 Å². The second-order valence-electron chi connectivity index (χ2n) is 8.80. The zero-order chi connectivity index (χ0) is 25.0. The molecule has 184 valence electrons. The summed E-state index contributed by atoms with van der Waals surface area (Å²) in [5.41, 5.74) is 4.89. The van der Waals surface area contributed by atoms with Crippen LogP contribution in [0.5, 0.6) is 0 Å². The summed E-state index contributed by atoms with van der Waals surface area (Å²) in [4.78, 5) is 4.96. The van der Waals surface area contributed by atoms with Gasteiger partial charge < -0.3 is 0 Å². The molecular weight excluding hydrogens is 722 g/mol. The Balaban J connectivity index is 0.000000196. The van der Waals surface area contributed by atoms with Gasteiger partial charge in [-0.25, -0.2) is 0 Å². The second-order valence-corrected chi connectivity index (χ2v) is 23.7. The first-order valence-electron chi connectivity index (χ1n) is 11.2. The molecular formula is C31H28Br2Cl2Sn. The SMILES string of the molecule is C.Clc1ccc(Br)c(/C=C\c2ccccc2Br)c1.[CH3][Sn]1([CH3])[c]2ccccc2C=Cc2cc(Cl)cc[c]21. The fourth-order valence-corrected chi connectivity index (χ4v) is 14.1. The van der Waals surface area contributed by atoms with E-state index in [4.69, 9.17) is 23.2 Å². The van der Waals surface area contributed by atoms with Crippen molar-refractivity contribution in [3.05, 3.63) is 126 Å². The summed E-state index contributed by atoms with van der Waals surface area (Å²) in [6, 6.07) is 29.0. The van der Waals surface area contributed by atoms with E-state index < -0.39 is 18.4 Å². The van der Waals surface area contributed by atoms with Crippen LogP contribution >= 0.6 is 55.1 Å². The molecule has 4 aromatic rings. The Labute approximate surface area is 246 Å². The maximum absolute atomic E-state index is 6.12. The zero-order valence-corrected chi connectivity index (χ0v) is 26.9. The van der Waals surface area contributed by atoms with E-state index in [0.717, 1.165) is 30.1 Å². The van der Waals surface area contributed by atoms with Crippen molar-refractivity contribution in [2.45, 2.75) is 17.3 Å². The van der Waals surface area contributed by atoms with Gasteiger partial charge >= 0.3 is 118 Å². The third-order valence-corrected chi connectivity index (χ3v) is 18.3. The summed E-state index contributed by atoms with van der Waals surface area (Å²) < 4.78 is 5.22. The van der Waals surface area contributed by atoms with Crippen LogP contribution in [0, 0.1) is 0 Å². The first-order valence-corrected chi connectivity index (χ1v) is 22.1. The molecule has 1 aliphatic rings. The molecule has 1 aliphatic heterocycles. The minimum absolute atomic E-state index is 0. The van der Waals surface area contributed by atoms with Gasteiger partial charge in [-0.1, -0.05) is 81.2 Å². The van der Waals surface area contributed by atoms with Crippen LogP contribution in [-0.4, -0.2) is 18.4 Å². The summed E-state index contributed by atoms with van der Waals surface area (Å²) in [6.07, 6.45) is 8.54. The fourth-order valence-electron chi connectivity index (χ4n) is 4.21. The van der Waals surface area contributed by atoms with Gasteiger partial charge in [0.15, 0.2) is 0 Å². The quantitative estimate of drug-likeness (QED) is 0.141. The van der Waals surface area contributed by atoms with Crippen LogP contribution in [0.1, 0.15) is 29.7 Å². The number of halogens is 4. The predicted octanol–water partition coefficient (Wildman–Crippen LogP) is 10.3. The van der Waals surface area contributed by atoms with Gasteiger partial charge in [0.2, 0.25) is 0 Å². The Morgan fingerprint density at radius 2 is 1.17 bits per heavy atom. The van der Waals surface area contributed by atoms with E-state index in [1.54, 1.807) is 3.58 Å². The second kappa shape index (κ2) is 13.0. The summed E-state index contributed by atoms with van der Waals surface area (Å²) in [5, 5.41) is 1.56. The monoisotopic (exact) mass is 748 g/mol. The number of benzene rings is 4. The number of rotatable bonds is 2. The van der Waals surface area contributed by atoms with E-state index in [1.165, 1.54) is 14.7 Å². The molecule has 0 fully saturated rings. The van der Waals surface area contributed by atoms with Gasteiger partial charge in [-0.15, -0.1) is 0 Å². The van der Waals surface area contributed by atoms with Crippen molar-refractivity contribution in [3.63, 3.8) is 0 Å². The van der Waals surface area contributed by atoms with Gasteiger partial charge in [0, 0.05) is 14.0 Å². The van der Waals surface area contributed by atoms with Gasteiger partial charge in [-0.3, -0.25) is 0 Å². The molecule has 0 saturated heterocycles. The van der Waals surface area contributed by atoms with Crippen molar-refractivity contribution in [2.75, 3.05) is 0 Å². The third kappa shape index (κ3) is 6.96. The standard InChI is InChI=1S/C14H9Br2Cl.C14H9Cl.CH4.2CH3.Sn/c15-13-4-2-1-3-10(13)5-6-11-9-12(17)7-8-14(11)16;15-14-8-4-7-13(11-14)10-9-12-5-2-1-3-6-12;;;;/h1-9H;1-5,8-11H;1H4;2*1H3;/b6-5-;;;;;. The number of fused-ring (bicyclic) bond motifs is 2. The van der Waals surface area contributed by atoms with Crippen molar-refractivity contribution >= 4 is 105 Å². The van der Waals surface area contributed by atoms with Crippen LogP contribution in [0.4, 0.5) is 0 Å². The summed E-state index contributed by atoms with van der Waals surface area (Å²) in [6.45, 7) is 0. The third-order valence-electron chi connectivity index (χ3n) is 6.07. The Morgan fingerprint density at radius 1 is 0.611 bits per heavy atom. The van der Waals surface area contributed by atoms with Crippen molar-refractivity contribution in [1.29, 1.82) is 0 Å². The first-order chi connectivity index (χ1) is 16.8. The molecule has 0 aromatic heterocycles. The van der Waals surface area contributed by atoms with Crippen LogP contribution in [0.2, 0.25) is 19.9 Å². The minimum atomic E-state index is -2.46. The summed E-state index contributed by atoms with van der Waals surface area (Å²) >= 11 is 16.6. The Morgan fingerprint density at radius 3 is 1.94 bits per heavy atom. The van der Waals surface area contributed by atoms with Crippen LogP contribution in [0.3, 0.4) is 0 Å². The summed E-state index contributed by atoms with van der Waals surface area (Å²) in [7, 11) is 0. The molecule has 0 bridgehead atoms. The zero-order valence-electron chi connectivity index (χ0n) is 19.4. The molecule has 5 rings (SSSR count). The predicted molar refractivity (Wildman–Crippen MR) is 173 cm³/mol. The molecule has 0 spiro atoms. The number of hydrogen-bond acceptors (Lipinski definition) is 0. The van der Waals surface area contributed by atoms with Gasteiger partial charge in [0.1, 0.15) is 0 Å².